The number of para-hydroxylation sites is 1. The number of cyclic esters (lactones) is 1. The van der Waals surface area contributed by atoms with Gasteiger partial charge in [0.15, 0.2) is 5.78 Å². The highest BCUT2D eigenvalue weighted by Gasteiger charge is 2.26. The van der Waals surface area contributed by atoms with Crippen molar-refractivity contribution in [3.8, 4) is 0 Å². The van der Waals surface area contributed by atoms with Crippen LogP contribution in [0.4, 0.5) is 5.69 Å². The Labute approximate surface area is 137 Å². The average molecular weight is 333 g/mol. The largest absolute Gasteiger partial charge is 0.459 e. The standard InChI is InChI=1S/C16H15NO7/c1-10(18)13(8-11-4-2-3-5-14(11)17(21)22)16(20)23-9-12-6-7-15(19)24-12/h2-5,8,12H,6-7,9H2,1H3. The molecule has 0 radical (unpaired) electrons. The molecule has 1 aromatic carbocycles. The highest BCUT2D eigenvalue weighted by atomic mass is 16.6. The number of hydrogen-bond acceptors (Lipinski definition) is 7. The molecule has 1 aromatic rings. The first-order chi connectivity index (χ1) is 11.4. The Bertz CT molecular complexity index is 723. The van der Waals surface area contributed by atoms with Gasteiger partial charge in [0, 0.05) is 12.5 Å². The van der Waals surface area contributed by atoms with E-state index in [2.05, 4.69) is 0 Å². The Balaban J connectivity index is 2.16. The molecular formula is C16H15NO7. The predicted molar refractivity (Wildman–Crippen MR) is 81.8 cm³/mol. The van der Waals surface area contributed by atoms with Gasteiger partial charge in [-0.15, -0.1) is 0 Å². The normalized spacial score (nSPS) is 17.3. The average Bonchev–Trinajstić information content (AvgIpc) is 2.95. The van der Waals surface area contributed by atoms with Crippen molar-refractivity contribution in [3.05, 3.63) is 45.5 Å². The number of carbonyl (C=O) groups excluding carboxylic acids is 3. The molecule has 126 valence electrons. The quantitative estimate of drug-likeness (QED) is 0.195. The van der Waals surface area contributed by atoms with E-state index in [1.807, 2.05) is 0 Å². The Kier molecular flexibility index (Phi) is 5.41. The van der Waals surface area contributed by atoms with Gasteiger partial charge in [0.05, 0.1) is 10.5 Å². The van der Waals surface area contributed by atoms with E-state index in [1.54, 1.807) is 6.07 Å². The van der Waals surface area contributed by atoms with Crippen LogP contribution in [0, 0.1) is 10.1 Å². The van der Waals surface area contributed by atoms with E-state index in [1.165, 1.54) is 18.2 Å². The van der Waals surface area contributed by atoms with Crippen LogP contribution in [0.5, 0.6) is 0 Å². The summed E-state index contributed by atoms with van der Waals surface area (Å²) in [5.74, 6) is -1.86. The van der Waals surface area contributed by atoms with E-state index >= 15 is 0 Å². The van der Waals surface area contributed by atoms with Crippen LogP contribution in [-0.4, -0.2) is 35.4 Å². The topological polar surface area (TPSA) is 113 Å². The van der Waals surface area contributed by atoms with Crippen molar-refractivity contribution in [1.29, 1.82) is 0 Å². The molecule has 1 unspecified atom stereocenters. The number of hydrogen-bond donors (Lipinski definition) is 0. The van der Waals surface area contributed by atoms with E-state index in [-0.39, 0.29) is 35.8 Å². The van der Waals surface area contributed by atoms with Crippen LogP contribution in [0.3, 0.4) is 0 Å². The molecule has 1 saturated heterocycles. The van der Waals surface area contributed by atoms with E-state index in [0.717, 1.165) is 13.0 Å². The third-order valence-electron chi connectivity index (χ3n) is 3.40. The fourth-order valence-electron chi connectivity index (χ4n) is 2.18. The van der Waals surface area contributed by atoms with Gasteiger partial charge < -0.3 is 9.47 Å². The van der Waals surface area contributed by atoms with E-state index in [9.17, 15) is 24.5 Å². The number of nitrogens with zero attached hydrogens (tertiary/aromatic N) is 1. The molecule has 8 nitrogen and oxygen atoms in total. The second kappa shape index (κ2) is 7.49. The van der Waals surface area contributed by atoms with Gasteiger partial charge in [-0.25, -0.2) is 4.79 Å². The van der Waals surface area contributed by atoms with Crippen molar-refractivity contribution in [2.24, 2.45) is 0 Å². The van der Waals surface area contributed by atoms with E-state index in [0.29, 0.717) is 6.42 Å². The lowest BCUT2D eigenvalue weighted by Crippen LogP contribution is -2.21. The molecule has 0 N–H and O–H groups in total. The number of nitro groups is 1. The summed E-state index contributed by atoms with van der Waals surface area (Å²) in [7, 11) is 0. The Morgan fingerprint density at radius 3 is 2.71 bits per heavy atom. The first-order valence-electron chi connectivity index (χ1n) is 7.21. The zero-order valence-corrected chi connectivity index (χ0v) is 12.9. The minimum Gasteiger partial charge on any atom is -0.459 e. The number of rotatable bonds is 6. The number of nitro benzene ring substituents is 1. The monoisotopic (exact) mass is 333 g/mol. The number of carbonyl (C=O) groups is 3. The summed E-state index contributed by atoms with van der Waals surface area (Å²) in [6.45, 7) is 1.00. The molecule has 0 bridgehead atoms. The summed E-state index contributed by atoms with van der Waals surface area (Å²) < 4.78 is 9.91. The lowest BCUT2D eigenvalue weighted by atomic mass is 10.1. The predicted octanol–water partition coefficient (Wildman–Crippen LogP) is 1.82. The number of Topliss-reactive ketones (excluding diaryl/α,β-unsaturated/α-hetero) is 1. The van der Waals surface area contributed by atoms with Crippen molar-refractivity contribution in [2.75, 3.05) is 6.61 Å². The zero-order valence-electron chi connectivity index (χ0n) is 12.9. The van der Waals surface area contributed by atoms with Gasteiger partial charge in [-0.05, 0) is 25.5 Å². The molecule has 1 aliphatic rings. The number of benzene rings is 1. The van der Waals surface area contributed by atoms with Crippen molar-refractivity contribution >= 4 is 29.5 Å². The summed E-state index contributed by atoms with van der Waals surface area (Å²) in [6, 6.07) is 5.73. The van der Waals surface area contributed by atoms with E-state index < -0.39 is 22.8 Å². The van der Waals surface area contributed by atoms with Crippen LogP contribution in [-0.2, 0) is 23.9 Å². The second-order valence-corrected chi connectivity index (χ2v) is 5.18. The Hall–Kier alpha value is -3.03. The molecule has 0 aliphatic carbocycles. The third kappa shape index (κ3) is 4.25. The third-order valence-corrected chi connectivity index (χ3v) is 3.40. The van der Waals surface area contributed by atoms with Crippen LogP contribution in [0.2, 0.25) is 0 Å². The van der Waals surface area contributed by atoms with Crippen LogP contribution >= 0.6 is 0 Å². The van der Waals surface area contributed by atoms with Gasteiger partial charge in [-0.3, -0.25) is 19.7 Å². The van der Waals surface area contributed by atoms with Crippen LogP contribution in [0.25, 0.3) is 6.08 Å². The number of esters is 2. The SMILES string of the molecule is CC(=O)C(=Cc1ccccc1[N+](=O)[O-])C(=O)OCC1CCC(=O)O1. The smallest absolute Gasteiger partial charge is 0.341 e. The molecule has 2 rings (SSSR count). The van der Waals surface area contributed by atoms with Gasteiger partial charge in [-0.1, -0.05) is 12.1 Å². The van der Waals surface area contributed by atoms with Crippen molar-refractivity contribution < 1.29 is 28.8 Å². The maximum absolute atomic E-state index is 12.1. The van der Waals surface area contributed by atoms with Gasteiger partial charge in [-0.2, -0.15) is 0 Å². The molecule has 8 heteroatoms. The molecule has 1 atom stereocenters. The van der Waals surface area contributed by atoms with Gasteiger partial charge in [0.2, 0.25) is 0 Å². The van der Waals surface area contributed by atoms with Crippen molar-refractivity contribution in [3.63, 3.8) is 0 Å². The first-order valence-corrected chi connectivity index (χ1v) is 7.21. The number of ketones is 1. The van der Waals surface area contributed by atoms with Gasteiger partial charge >= 0.3 is 11.9 Å². The Morgan fingerprint density at radius 1 is 1.42 bits per heavy atom. The fourth-order valence-corrected chi connectivity index (χ4v) is 2.18. The second-order valence-electron chi connectivity index (χ2n) is 5.18. The van der Waals surface area contributed by atoms with E-state index in [4.69, 9.17) is 9.47 Å². The lowest BCUT2D eigenvalue weighted by molar-refractivity contribution is -0.385. The first kappa shape index (κ1) is 17.3. The summed E-state index contributed by atoms with van der Waals surface area (Å²) in [5, 5.41) is 11.0. The van der Waals surface area contributed by atoms with Gasteiger partial charge in [0.25, 0.3) is 5.69 Å². The minimum atomic E-state index is -0.913. The highest BCUT2D eigenvalue weighted by Crippen LogP contribution is 2.22. The molecule has 0 spiro atoms. The molecule has 1 aliphatic heterocycles. The molecule has 24 heavy (non-hydrogen) atoms. The number of ether oxygens (including phenoxy) is 2. The molecular weight excluding hydrogens is 318 g/mol. The van der Waals surface area contributed by atoms with Crippen LogP contribution in [0.1, 0.15) is 25.3 Å². The van der Waals surface area contributed by atoms with Crippen molar-refractivity contribution in [1.82, 2.24) is 0 Å². The summed E-state index contributed by atoms with van der Waals surface area (Å²) in [5.41, 5.74) is -0.417. The summed E-state index contributed by atoms with van der Waals surface area (Å²) >= 11 is 0. The van der Waals surface area contributed by atoms with Crippen LogP contribution < -0.4 is 0 Å². The Morgan fingerprint density at radius 2 is 2.12 bits per heavy atom. The van der Waals surface area contributed by atoms with Crippen LogP contribution in [0.15, 0.2) is 29.8 Å². The highest BCUT2D eigenvalue weighted by molar-refractivity contribution is 6.20. The van der Waals surface area contributed by atoms with Gasteiger partial charge in [0.1, 0.15) is 18.3 Å². The fraction of sp³-hybridized carbons (Fsp3) is 0.312. The minimum absolute atomic E-state index is 0.122. The molecule has 0 amide bonds. The molecule has 0 aromatic heterocycles. The summed E-state index contributed by atoms with van der Waals surface area (Å²) in [6.07, 6.45) is 1.30. The zero-order chi connectivity index (χ0) is 17.7. The summed E-state index contributed by atoms with van der Waals surface area (Å²) in [4.78, 5) is 45.2. The maximum Gasteiger partial charge on any atom is 0.341 e. The lowest BCUT2D eigenvalue weighted by Gasteiger charge is -2.10. The molecule has 1 heterocycles. The van der Waals surface area contributed by atoms with Crippen molar-refractivity contribution in [2.45, 2.75) is 25.9 Å². The molecule has 0 saturated carbocycles. The maximum atomic E-state index is 12.1. The molecule has 1 fully saturated rings.